The first-order chi connectivity index (χ1) is 7.65. The molecule has 3 N–H and O–H groups in total. The predicted octanol–water partition coefficient (Wildman–Crippen LogP) is 0.123. The molecule has 0 saturated heterocycles. The minimum atomic E-state index is -0.466. The maximum atomic E-state index is 11.3. The van der Waals surface area contributed by atoms with Gasteiger partial charge in [-0.05, 0) is 5.92 Å². The highest BCUT2D eigenvalue weighted by atomic mass is 16.3. The van der Waals surface area contributed by atoms with E-state index in [0.29, 0.717) is 13.1 Å². The molecule has 0 rings (SSSR count). The lowest BCUT2D eigenvalue weighted by Gasteiger charge is -2.20. The fourth-order valence-electron chi connectivity index (χ4n) is 1.53. The molecule has 4 heteroatoms. The van der Waals surface area contributed by atoms with E-state index in [1.54, 1.807) is 0 Å². The van der Waals surface area contributed by atoms with Crippen molar-refractivity contribution in [3.63, 3.8) is 0 Å². The number of hydrogen-bond acceptors (Lipinski definition) is 3. The van der Waals surface area contributed by atoms with Crippen LogP contribution in [0.2, 0.25) is 0 Å². The molecule has 0 aliphatic heterocycles. The van der Waals surface area contributed by atoms with Gasteiger partial charge in [0.25, 0.3) is 0 Å². The van der Waals surface area contributed by atoms with Crippen LogP contribution in [0.5, 0.6) is 0 Å². The predicted molar refractivity (Wildman–Crippen MR) is 64.8 cm³/mol. The number of amides is 1. The summed E-state index contributed by atoms with van der Waals surface area (Å²) < 4.78 is 0. The van der Waals surface area contributed by atoms with Crippen LogP contribution in [0.4, 0.5) is 0 Å². The normalized spacial score (nSPS) is 12.2. The Balaban J connectivity index is 3.70. The van der Waals surface area contributed by atoms with Crippen LogP contribution < -0.4 is 10.6 Å². The van der Waals surface area contributed by atoms with Crippen molar-refractivity contribution in [2.45, 2.75) is 32.8 Å². The topological polar surface area (TPSA) is 61.4 Å². The summed E-state index contributed by atoms with van der Waals surface area (Å²) in [5.41, 5.74) is 0. The number of carbonyl (C=O) groups is 1. The first-order valence-corrected chi connectivity index (χ1v) is 5.74. The van der Waals surface area contributed by atoms with E-state index in [1.165, 1.54) is 0 Å². The van der Waals surface area contributed by atoms with E-state index in [9.17, 15) is 9.90 Å². The minimum absolute atomic E-state index is 0.139. The summed E-state index contributed by atoms with van der Waals surface area (Å²) in [7, 11) is 0. The third kappa shape index (κ3) is 6.44. The molecule has 0 radical (unpaired) electrons. The van der Waals surface area contributed by atoms with Crippen LogP contribution in [0, 0.1) is 18.3 Å². The van der Waals surface area contributed by atoms with Gasteiger partial charge in [0.1, 0.15) is 0 Å². The molecule has 0 aromatic heterocycles. The smallest absolute Gasteiger partial charge is 0.234 e. The number of hydrogen-bond donors (Lipinski definition) is 3. The molecule has 1 unspecified atom stereocenters. The van der Waals surface area contributed by atoms with Gasteiger partial charge >= 0.3 is 0 Å². The number of aliphatic hydroxyl groups excluding tert-OH is 1. The van der Waals surface area contributed by atoms with Gasteiger partial charge in [-0.2, -0.15) is 0 Å². The van der Waals surface area contributed by atoms with E-state index in [-0.39, 0.29) is 18.4 Å². The summed E-state index contributed by atoms with van der Waals surface area (Å²) in [6.07, 6.45) is 6.40. The molecule has 0 fully saturated rings. The van der Waals surface area contributed by atoms with Crippen molar-refractivity contribution in [3.8, 4) is 12.3 Å². The van der Waals surface area contributed by atoms with E-state index in [1.807, 2.05) is 13.8 Å². The standard InChI is InChI=1S/C12H22N2O2/c1-4-7-13-9-12(16)14-8-11(15)10(5-2)6-3/h1,10-11,13,15H,5-9H2,2-3H3,(H,14,16). The zero-order chi connectivity index (χ0) is 12.4. The van der Waals surface area contributed by atoms with Crippen molar-refractivity contribution in [1.82, 2.24) is 10.6 Å². The summed E-state index contributed by atoms with van der Waals surface area (Å²) >= 11 is 0. The fraction of sp³-hybridized carbons (Fsp3) is 0.750. The monoisotopic (exact) mass is 226 g/mol. The molecule has 0 saturated carbocycles. The maximum absolute atomic E-state index is 11.3. The number of rotatable bonds is 8. The summed E-state index contributed by atoms with van der Waals surface area (Å²) in [6, 6.07) is 0. The molecule has 0 bridgehead atoms. The second-order valence-corrected chi connectivity index (χ2v) is 3.76. The Kier molecular flexibility index (Phi) is 8.59. The quantitative estimate of drug-likeness (QED) is 0.407. The molecule has 1 atom stereocenters. The molecule has 0 aliphatic rings. The average Bonchev–Trinajstić information content (AvgIpc) is 2.28. The Labute approximate surface area is 97.8 Å². The van der Waals surface area contributed by atoms with Crippen LogP contribution in [-0.4, -0.2) is 36.8 Å². The minimum Gasteiger partial charge on any atom is -0.391 e. The maximum Gasteiger partial charge on any atom is 0.234 e. The highest BCUT2D eigenvalue weighted by Gasteiger charge is 2.15. The second-order valence-electron chi connectivity index (χ2n) is 3.76. The van der Waals surface area contributed by atoms with E-state index < -0.39 is 6.10 Å². The zero-order valence-electron chi connectivity index (χ0n) is 10.1. The molecule has 0 heterocycles. The lowest BCUT2D eigenvalue weighted by Crippen LogP contribution is -2.40. The molecular weight excluding hydrogens is 204 g/mol. The molecular formula is C12H22N2O2. The molecule has 0 aromatic carbocycles. The number of terminal acetylenes is 1. The van der Waals surface area contributed by atoms with E-state index in [4.69, 9.17) is 6.42 Å². The van der Waals surface area contributed by atoms with Crippen molar-refractivity contribution < 1.29 is 9.90 Å². The van der Waals surface area contributed by atoms with Crippen molar-refractivity contribution in [3.05, 3.63) is 0 Å². The van der Waals surface area contributed by atoms with Gasteiger partial charge in [0.05, 0.1) is 19.2 Å². The molecule has 16 heavy (non-hydrogen) atoms. The summed E-state index contributed by atoms with van der Waals surface area (Å²) in [5, 5.41) is 15.2. The Morgan fingerprint density at radius 1 is 1.44 bits per heavy atom. The third-order valence-electron chi connectivity index (χ3n) is 2.61. The van der Waals surface area contributed by atoms with Crippen LogP contribution in [0.15, 0.2) is 0 Å². The molecule has 0 aromatic rings. The SMILES string of the molecule is C#CCNCC(=O)NCC(O)C(CC)CC. The zero-order valence-corrected chi connectivity index (χ0v) is 10.1. The number of aliphatic hydroxyl groups is 1. The van der Waals surface area contributed by atoms with Gasteiger partial charge in [-0.25, -0.2) is 0 Å². The highest BCUT2D eigenvalue weighted by molar-refractivity contribution is 5.78. The first-order valence-electron chi connectivity index (χ1n) is 5.74. The largest absolute Gasteiger partial charge is 0.391 e. The average molecular weight is 226 g/mol. The molecule has 0 spiro atoms. The fourth-order valence-corrected chi connectivity index (χ4v) is 1.53. The molecule has 92 valence electrons. The van der Waals surface area contributed by atoms with Crippen molar-refractivity contribution >= 4 is 5.91 Å². The molecule has 0 aliphatic carbocycles. The van der Waals surface area contributed by atoms with Crippen molar-refractivity contribution in [1.29, 1.82) is 0 Å². The van der Waals surface area contributed by atoms with Gasteiger partial charge in [0.2, 0.25) is 5.91 Å². The highest BCUT2D eigenvalue weighted by Crippen LogP contribution is 2.11. The summed E-state index contributed by atoms with van der Waals surface area (Å²) in [4.78, 5) is 11.3. The first kappa shape index (κ1) is 14.9. The Bertz CT molecular complexity index is 232. The summed E-state index contributed by atoms with van der Waals surface area (Å²) in [6.45, 7) is 4.95. The number of carbonyl (C=O) groups excluding carboxylic acids is 1. The van der Waals surface area contributed by atoms with Crippen molar-refractivity contribution in [2.75, 3.05) is 19.6 Å². The Morgan fingerprint density at radius 3 is 2.56 bits per heavy atom. The van der Waals surface area contributed by atoms with Crippen LogP contribution in [0.3, 0.4) is 0 Å². The second kappa shape index (κ2) is 9.20. The van der Waals surface area contributed by atoms with E-state index >= 15 is 0 Å². The molecule has 4 nitrogen and oxygen atoms in total. The van der Waals surface area contributed by atoms with Gasteiger partial charge in [0.15, 0.2) is 0 Å². The van der Waals surface area contributed by atoms with Crippen molar-refractivity contribution in [2.24, 2.45) is 5.92 Å². The lowest BCUT2D eigenvalue weighted by atomic mass is 9.96. The van der Waals surface area contributed by atoms with Crippen LogP contribution in [-0.2, 0) is 4.79 Å². The van der Waals surface area contributed by atoms with Gasteiger partial charge in [-0.1, -0.05) is 32.6 Å². The summed E-state index contributed by atoms with van der Waals surface area (Å²) in [5.74, 6) is 2.49. The van der Waals surface area contributed by atoms with Crippen LogP contribution in [0.1, 0.15) is 26.7 Å². The Morgan fingerprint density at radius 2 is 2.06 bits per heavy atom. The van der Waals surface area contributed by atoms with Gasteiger partial charge in [-0.3, -0.25) is 10.1 Å². The lowest BCUT2D eigenvalue weighted by molar-refractivity contribution is -0.120. The van der Waals surface area contributed by atoms with Gasteiger partial charge in [-0.15, -0.1) is 6.42 Å². The van der Waals surface area contributed by atoms with E-state index in [2.05, 4.69) is 16.6 Å². The van der Waals surface area contributed by atoms with Crippen LogP contribution in [0.25, 0.3) is 0 Å². The Hall–Kier alpha value is -1.05. The molecule has 1 amide bonds. The van der Waals surface area contributed by atoms with Gasteiger partial charge < -0.3 is 10.4 Å². The van der Waals surface area contributed by atoms with E-state index in [0.717, 1.165) is 12.8 Å². The van der Waals surface area contributed by atoms with Gasteiger partial charge in [0, 0.05) is 6.54 Å². The third-order valence-corrected chi connectivity index (χ3v) is 2.61. The number of nitrogens with one attached hydrogen (secondary N) is 2. The van der Waals surface area contributed by atoms with Crippen LogP contribution >= 0.6 is 0 Å².